The number of carbonyl (C=O) groups excluding carboxylic acids is 2. The minimum Gasteiger partial charge on any atom is -0.455 e. The number of carbonyl (C=O) groups is 2. The van der Waals surface area contributed by atoms with Crippen molar-refractivity contribution in [1.29, 1.82) is 0 Å². The molecule has 3 aromatic rings. The van der Waals surface area contributed by atoms with E-state index in [0.717, 1.165) is 12.1 Å². The predicted octanol–water partition coefficient (Wildman–Crippen LogP) is 4.92. The first-order valence-corrected chi connectivity index (χ1v) is 12.5. The Morgan fingerprint density at radius 3 is 2.43 bits per heavy atom. The third kappa shape index (κ3) is 6.89. The molecule has 0 aliphatic heterocycles. The molecular formula is C24H22F4N4O4S. The maximum absolute atomic E-state index is 13.4. The summed E-state index contributed by atoms with van der Waals surface area (Å²) in [5.74, 6) is -2.92. The van der Waals surface area contributed by atoms with Crippen LogP contribution in [0.5, 0.6) is 11.5 Å². The summed E-state index contributed by atoms with van der Waals surface area (Å²) in [5.41, 5.74) is 4.32. The van der Waals surface area contributed by atoms with E-state index in [1.54, 1.807) is 0 Å². The lowest BCUT2D eigenvalue weighted by molar-refractivity contribution is -0.137. The number of nitrogens with one attached hydrogen (secondary N) is 1. The lowest BCUT2D eigenvalue weighted by Gasteiger charge is -2.16. The molecule has 1 heterocycles. The highest BCUT2D eigenvalue weighted by atomic mass is 32.2. The summed E-state index contributed by atoms with van der Waals surface area (Å²) in [6.45, 7) is 2.78. The Balaban J connectivity index is 1.98. The number of anilines is 1. The number of pyridine rings is 1. The molecular weight excluding hydrogens is 516 g/mol. The van der Waals surface area contributed by atoms with Gasteiger partial charge in [0, 0.05) is 16.8 Å². The number of benzene rings is 2. The lowest BCUT2D eigenvalue weighted by Crippen LogP contribution is -2.25. The van der Waals surface area contributed by atoms with Gasteiger partial charge in [-0.25, -0.2) is 9.19 Å². The van der Waals surface area contributed by atoms with Crippen molar-refractivity contribution in [2.24, 2.45) is 10.1 Å². The van der Waals surface area contributed by atoms with Gasteiger partial charge in [-0.05, 0) is 62.4 Å². The lowest BCUT2D eigenvalue weighted by atomic mass is 10.1. The Bertz CT molecular complexity index is 1480. The molecule has 3 N–H and O–H groups in total. The quantitative estimate of drug-likeness (QED) is 0.339. The number of ether oxygens (including phenoxy) is 1. The fraction of sp³-hybridized carbons (Fsp3) is 0.208. The highest BCUT2D eigenvalue weighted by Gasteiger charge is 2.32. The first-order chi connectivity index (χ1) is 17.2. The van der Waals surface area contributed by atoms with Gasteiger partial charge in [0.1, 0.15) is 11.5 Å². The fourth-order valence-corrected chi connectivity index (χ4v) is 4.32. The van der Waals surface area contributed by atoms with Crippen molar-refractivity contribution in [3.63, 3.8) is 0 Å². The van der Waals surface area contributed by atoms with Gasteiger partial charge in [0.05, 0.1) is 32.6 Å². The van der Waals surface area contributed by atoms with Crippen LogP contribution >= 0.6 is 0 Å². The SMILES string of the molecule is Cc1nc(F)ccc1Oc1cc(C(F)(F)F)ccc1C(=O)Nc1cccc([S@@](C)(=O)=NC(=O)[C@@H](C)N)c1. The normalized spacial score (nSPS) is 13.8. The second-order valence-corrected chi connectivity index (χ2v) is 10.3. The van der Waals surface area contributed by atoms with Crippen molar-refractivity contribution >= 4 is 27.2 Å². The fourth-order valence-electron chi connectivity index (χ4n) is 3.03. The number of amides is 2. The average Bonchev–Trinajstić information content (AvgIpc) is 2.80. The molecule has 8 nitrogen and oxygen atoms in total. The van der Waals surface area contributed by atoms with Gasteiger partial charge in [-0.15, -0.1) is 0 Å². The maximum Gasteiger partial charge on any atom is 0.416 e. The molecule has 0 saturated carbocycles. The number of aryl methyl sites for hydroxylation is 1. The van der Waals surface area contributed by atoms with E-state index in [-0.39, 0.29) is 27.6 Å². The van der Waals surface area contributed by atoms with Crippen molar-refractivity contribution < 1.29 is 36.1 Å². The van der Waals surface area contributed by atoms with Gasteiger partial charge in [-0.3, -0.25) is 9.59 Å². The van der Waals surface area contributed by atoms with E-state index in [4.69, 9.17) is 10.5 Å². The summed E-state index contributed by atoms with van der Waals surface area (Å²) >= 11 is 0. The van der Waals surface area contributed by atoms with E-state index in [2.05, 4.69) is 14.7 Å². The summed E-state index contributed by atoms with van der Waals surface area (Å²) in [6, 6.07) is 9.13. The van der Waals surface area contributed by atoms with Crippen LogP contribution in [0.4, 0.5) is 23.2 Å². The molecule has 3 rings (SSSR count). The zero-order valence-corrected chi connectivity index (χ0v) is 20.6. The molecule has 2 amide bonds. The van der Waals surface area contributed by atoms with Crippen molar-refractivity contribution in [1.82, 2.24) is 4.98 Å². The molecule has 13 heteroatoms. The number of nitrogens with zero attached hydrogens (tertiary/aromatic N) is 2. The van der Waals surface area contributed by atoms with E-state index in [1.807, 2.05) is 0 Å². The third-order valence-corrected chi connectivity index (χ3v) is 6.62. The molecule has 0 unspecified atom stereocenters. The molecule has 37 heavy (non-hydrogen) atoms. The smallest absolute Gasteiger partial charge is 0.416 e. The molecule has 1 aromatic heterocycles. The zero-order chi connectivity index (χ0) is 27.5. The number of alkyl halides is 3. The van der Waals surface area contributed by atoms with Crippen LogP contribution in [0.25, 0.3) is 0 Å². The molecule has 0 saturated heterocycles. The second kappa shape index (κ2) is 10.6. The van der Waals surface area contributed by atoms with Crippen molar-refractivity contribution in [3.05, 3.63) is 77.4 Å². The van der Waals surface area contributed by atoms with E-state index in [0.29, 0.717) is 12.1 Å². The van der Waals surface area contributed by atoms with Crippen LogP contribution in [0.3, 0.4) is 0 Å². The van der Waals surface area contributed by atoms with Crippen LogP contribution < -0.4 is 15.8 Å². The molecule has 0 bridgehead atoms. The maximum atomic E-state index is 13.4. The summed E-state index contributed by atoms with van der Waals surface area (Å²) < 4.78 is 75.5. The minimum atomic E-state index is -4.72. The summed E-state index contributed by atoms with van der Waals surface area (Å²) in [7, 11) is -3.20. The molecule has 0 radical (unpaired) electrons. The molecule has 0 fully saturated rings. The van der Waals surface area contributed by atoms with Gasteiger partial charge in [0.2, 0.25) is 5.95 Å². The van der Waals surface area contributed by atoms with Crippen LogP contribution in [-0.2, 0) is 20.7 Å². The number of aromatic nitrogens is 1. The Hall–Kier alpha value is -3.84. The van der Waals surface area contributed by atoms with Crippen molar-refractivity contribution in [2.75, 3.05) is 11.6 Å². The molecule has 0 aliphatic rings. The largest absolute Gasteiger partial charge is 0.455 e. The van der Waals surface area contributed by atoms with E-state index < -0.39 is 51.0 Å². The van der Waals surface area contributed by atoms with Crippen molar-refractivity contribution in [3.8, 4) is 11.5 Å². The van der Waals surface area contributed by atoms with Gasteiger partial charge in [-0.1, -0.05) is 6.07 Å². The standard InChI is InChI=1S/C24H22F4N4O4S/c1-13(29)22(33)32-37(3,35)17-6-4-5-16(12-17)31-23(34)18-8-7-15(24(26,27)28)11-20(18)36-19-9-10-21(25)30-14(19)2/h4-13H,29H2,1-3H3,(H,31,34)/t13-,37-/m1/s1. The topological polar surface area (TPSA) is 124 Å². The van der Waals surface area contributed by atoms with E-state index >= 15 is 0 Å². The summed E-state index contributed by atoms with van der Waals surface area (Å²) in [5, 5.41) is 2.50. The highest BCUT2D eigenvalue weighted by molar-refractivity contribution is 7.93. The van der Waals surface area contributed by atoms with Crippen LogP contribution in [-0.4, -0.2) is 33.3 Å². The molecule has 196 valence electrons. The third-order valence-electron chi connectivity index (χ3n) is 4.96. The summed E-state index contributed by atoms with van der Waals surface area (Å²) in [4.78, 5) is 28.6. The molecule has 2 aromatic carbocycles. The average molecular weight is 539 g/mol. The number of halogens is 4. The van der Waals surface area contributed by atoms with Gasteiger partial charge < -0.3 is 15.8 Å². The number of hydrogen-bond donors (Lipinski definition) is 2. The Morgan fingerprint density at radius 1 is 1.11 bits per heavy atom. The van der Waals surface area contributed by atoms with E-state index in [1.165, 1.54) is 50.4 Å². The van der Waals surface area contributed by atoms with Crippen LogP contribution in [0.1, 0.15) is 28.5 Å². The van der Waals surface area contributed by atoms with Gasteiger partial charge in [0.15, 0.2) is 0 Å². The van der Waals surface area contributed by atoms with Gasteiger partial charge in [-0.2, -0.15) is 21.9 Å². The summed E-state index contributed by atoms with van der Waals surface area (Å²) in [6.07, 6.45) is -3.49. The van der Waals surface area contributed by atoms with Gasteiger partial charge >= 0.3 is 6.18 Å². The van der Waals surface area contributed by atoms with Gasteiger partial charge in [0.25, 0.3) is 11.8 Å². The first kappa shape index (κ1) is 27.7. The van der Waals surface area contributed by atoms with Crippen LogP contribution in [0.2, 0.25) is 0 Å². The zero-order valence-electron chi connectivity index (χ0n) is 19.8. The minimum absolute atomic E-state index is 0.0529. The number of hydrogen-bond acceptors (Lipinski definition) is 6. The van der Waals surface area contributed by atoms with Crippen LogP contribution in [0, 0.1) is 12.9 Å². The predicted molar refractivity (Wildman–Crippen MR) is 128 cm³/mol. The van der Waals surface area contributed by atoms with E-state index in [9.17, 15) is 31.4 Å². The Labute approximate surface area is 210 Å². The monoisotopic (exact) mass is 538 g/mol. The molecule has 0 spiro atoms. The molecule has 2 atom stereocenters. The van der Waals surface area contributed by atoms with Crippen molar-refractivity contribution in [2.45, 2.75) is 31.0 Å². The number of rotatable bonds is 6. The molecule has 0 aliphatic carbocycles. The van der Waals surface area contributed by atoms with Crippen LogP contribution in [0.15, 0.2) is 63.9 Å². The highest BCUT2D eigenvalue weighted by Crippen LogP contribution is 2.36. The Morgan fingerprint density at radius 2 is 1.81 bits per heavy atom. The Kier molecular flexibility index (Phi) is 7.98. The second-order valence-electron chi connectivity index (χ2n) is 8.03. The first-order valence-electron chi connectivity index (χ1n) is 10.6. The number of nitrogens with two attached hydrogens (primary N) is 1.